The van der Waals surface area contributed by atoms with Gasteiger partial charge < -0.3 is 29.6 Å². The Kier molecular flexibility index (Phi) is 41.4. The number of unbranched alkanes of at least 4 members (excludes halogenated alkanes) is 3. The molecule has 2 unspecified atom stereocenters. The number of halogens is 1. The highest BCUT2D eigenvalue weighted by atomic mass is 127. The van der Waals surface area contributed by atoms with E-state index in [1.165, 1.54) is 20.1 Å². The summed E-state index contributed by atoms with van der Waals surface area (Å²) in [6.07, 6.45) is 9.34. The van der Waals surface area contributed by atoms with Gasteiger partial charge in [-0.3, -0.25) is 24.7 Å². The lowest BCUT2D eigenvalue weighted by molar-refractivity contribution is -0.385. The molecule has 1 aromatic rings. The lowest BCUT2D eigenvalue weighted by atomic mass is 10.1. The van der Waals surface area contributed by atoms with Crippen molar-refractivity contribution in [3.63, 3.8) is 0 Å². The molecule has 0 aromatic heterocycles. The summed E-state index contributed by atoms with van der Waals surface area (Å²) in [5.41, 5.74) is 0.235. The second kappa shape index (κ2) is 38.9. The molecule has 0 saturated carbocycles. The number of methoxy groups -OCH3 is 1. The van der Waals surface area contributed by atoms with Gasteiger partial charge in [-0.2, -0.15) is 0 Å². The Bertz CT molecular complexity index is 1190. The maximum absolute atomic E-state index is 13.1. The van der Waals surface area contributed by atoms with Crippen LogP contribution in [0, 0.1) is 10.1 Å². The van der Waals surface area contributed by atoms with Crippen LogP contribution in [0.25, 0.3) is 0 Å². The number of nitro groups is 1. The molecular formula is C35H60BIN4O10S. The molecule has 2 N–H and O–H groups in total. The normalized spacial score (nSPS) is 11.1. The summed E-state index contributed by atoms with van der Waals surface area (Å²) in [6.45, 7) is 16.3. The summed E-state index contributed by atoms with van der Waals surface area (Å²) in [7, 11) is 7.82. The number of esters is 2. The number of nitrogens with one attached hydrogen (secondary N) is 2. The predicted molar refractivity (Wildman–Crippen MR) is 220 cm³/mol. The van der Waals surface area contributed by atoms with Gasteiger partial charge in [0.25, 0.3) is 5.69 Å². The summed E-state index contributed by atoms with van der Waals surface area (Å²) in [6, 6.07) is 1.02. The molecule has 0 aliphatic carbocycles. The first-order valence-electron chi connectivity index (χ1n) is 17.3. The molecule has 0 fully saturated rings. The Labute approximate surface area is 328 Å². The topological polar surface area (TPSA) is 185 Å². The predicted octanol–water partition coefficient (Wildman–Crippen LogP) is 8.70. The number of hydrogen-bond acceptors (Lipinski definition) is 12. The van der Waals surface area contributed by atoms with Crippen molar-refractivity contribution in [1.82, 2.24) is 10.6 Å². The van der Waals surface area contributed by atoms with Crippen molar-refractivity contribution >= 4 is 73.8 Å². The minimum Gasteiger partial charge on any atom is -0.493 e. The van der Waals surface area contributed by atoms with Crippen molar-refractivity contribution < 1.29 is 43.0 Å². The van der Waals surface area contributed by atoms with E-state index in [-0.39, 0.29) is 30.0 Å². The van der Waals surface area contributed by atoms with Crippen LogP contribution in [0.1, 0.15) is 107 Å². The van der Waals surface area contributed by atoms with Gasteiger partial charge in [-0.15, -0.1) is 0 Å². The molecule has 0 heterocycles. The van der Waals surface area contributed by atoms with E-state index in [9.17, 15) is 29.3 Å². The number of non-ortho nitro benzene ring substituents is 1. The molecule has 14 nitrogen and oxygen atoms in total. The zero-order valence-electron chi connectivity index (χ0n) is 32.7. The Morgan fingerprint density at radius 3 is 2.13 bits per heavy atom. The third kappa shape index (κ3) is 29.3. The quantitative estimate of drug-likeness (QED) is 0.0166. The number of benzene rings is 1. The van der Waals surface area contributed by atoms with E-state index in [2.05, 4.69) is 36.8 Å². The second-order valence-corrected chi connectivity index (χ2v) is 12.6. The van der Waals surface area contributed by atoms with E-state index in [1.54, 1.807) is 28.1 Å². The van der Waals surface area contributed by atoms with Crippen molar-refractivity contribution in [3.05, 3.63) is 40.1 Å². The molecule has 2 amide bonds. The van der Waals surface area contributed by atoms with Gasteiger partial charge >= 0.3 is 18.0 Å². The van der Waals surface area contributed by atoms with Gasteiger partial charge in [0.05, 0.1) is 25.9 Å². The molecule has 0 aliphatic rings. The molecule has 0 bridgehead atoms. The highest BCUT2D eigenvalue weighted by Crippen LogP contribution is 2.31. The Hall–Kier alpha value is -3.35. The van der Waals surface area contributed by atoms with Gasteiger partial charge in [0.1, 0.15) is 12.1 Å². The molecule has 0 aliphatic heterocycles. The van der Waals surface area contributed by atoms with Crippen LogP contribution in [0.15, 0.2) is 35.0 Å². The van der Waals surface area contributed by atoms with E-state index >= 15 is 0 Å². The molecule has 17 heteroatoms. The molecule has 1 rings (SSSR count). The number of rotatable bonds is 18. The first-order chi connectivity index (χ1) is 24.9. The highest BCUT2D eigenvalue weighted by molar-refractivity contribution is 14.2. The summed E-state index contributed by atoms with van der Waals surface area (Å²) in [5.74, 6) is -2.28. The fourth-order valence-electron chi connectivity index (χ4n) is 3.32. The summed E-state index contributed by atoms with van der Waals surface area (Å²) >= 11 is 2.20. The minimum atomic E-state index is -1.22. The van der Waals surface area contributed by atoms with Gasteiger partial charge in [-0.05, 0) is 60.2 Å². The number of amides is 2. The molecule has 2 radical (unpaired) electrons. The average molecular weight is 867 g/mol. The average Bonchev–Trinajstić information content (AvgIpc) is 3.13. The third-order valence-electron chi connectivity index (χ3n) is 5.71. The van der Waals surface area contributed by atoms with Gasteiger partial charge in [0.2, 0.25) is 12.7 Å². The van der Waals surface area contributed by atoms with Crippen LogP contribution < -0.4 is 20.1 Å². The molecular weight excluding hydrogens is 806 g/mol. The monoisotopic (exact) mass is 866 g/mol. The third-order valence-corrected chi connectivity index (χ3v) is 5.71. The van der Waals surface area contributed by atoms with Gasteiger partial charge in [0, 0.05) is 30.8 Å². The van der Waals surface area contributed by atoms with Crippen LogP contribution in [0.4, 0.5) is 10.5 Å². The van der Waals surface area contributed by atoms with Crippen molar-refractivity contribution in [2.75, 3.05) is 20.2 Å². The zero-order valence-corrected chi connectivity index (χ0v) is 35.7. The molecule has 52 heavy (non-hydrogen) atoms. The Balaban J connectivity index is -0.00000104. The zero-order chi connectivity index (χ0) is 40.9. The molecule has 296 valence electrons. The van der Waals surface area contributed by atoms with Gasteiger partial charge in [-0.25, -0.2) is 9.59 Å². The lowest BCUT2D eigenvalue weighted by Crippen LogP contribution is -2.51. The standard InChI is InChI=1S/C28H40N4O10.C2H5B.2C2H6.CH3IS/c1-6-9-11-12-25(33)40-18-41-28(36)31-22(16-20(8-3)29-15-10-7-2)26(34)30-19(4)27(35)42-23-14-13-21(32(37)38)17-24(23)39-5;1-2-3;2*1-2;1-3-2/h8,13-15,17,19,22H,6-7,9-12,16,18H2,1-5H3,(H,30,34)(H,31,36);2H2,1H3;2*1-2H3;1H3/b20-8-,29-15?;;;;. The van der Waals surface area contributed by atoms with Crippen LogP contribution in [0.5, 0.6) is 11.5 Å². The number of aliphatic imine (C=N–C) groups is 1. The SMILES string of the molecule is C/C=C(/CC(NC(=O)OCOC(=O)CCCCC)C(=O)NC(C)C(=O)Oc1ccc([N+](=O)[O-])cc1OC)N=CCCC.CC.CC.CSI.[B]CC. The van der Waals surface area contributed by atoms with Crippen molar-refractivity contribution in [3.8, 4) is 11.5 Å². The number of allylic oxidation sites excluding steroid dienone is 1. The number of hydrogen-bond donors (Lipinski definition) is 2. The fraction of sp³-hybridized carbons (Fsp3) is 0.629. The van der Waals surface area contributed by atoms with Crippen molar-refractivity contribution in [2.45, 2.75) is 126 Å². The number of nitro benzene ring substituents is 1. The highest BCUT2D eigenvalue weighted by Gasteiger charge is 2.27. The number of carbonyl (C=O) groups excluding carboxylic acids is 4. The maximum atomic E-state index is 13.1. The van der Waals surface area contributed by atoms with E-state index in [4.69, 9.17) is 26.8 Å². The smallest absolute Gasteiger partial charge is 0.410 e. The maximum Gasteiger partial charge on any atom is 0.410 e. The van der Waals surface area contributed by atoms with E-state index in [1.807, 2.05) is 54.7 Å². The van der Waals surface area contributed by atoms with Gasteiger partial charge in [0.15, 0.2) is 11.5 Å². The number of carbonyl (C=O) groups is 4. The first kappa shape index (κ1) is 55.4. The largest absolute Gasteiger partial charge is 0.493 e. The van der Waals surface area contributed by atoms with Gasteiger partial charge in [-0.1, -0.05) is 89.1 Å². The van der Waals surface area contributed by atoms with E-state index < -0.39 is 47.7 Å². The first-order valence-corrected chi connectivity index (χ1v) is 21.1. The van der Waals surface area contributed by atoms with Crippen molar-refractivity contribution in [2.24, 2.45) is 4.99 Å². The number of alkyl carbamates (subject to hydrolysis) is 1. The van der Waals surface area contributed by atoms with Crippen LogP contribution in [0.2, 0.25) is 6.32 Å². The minimum absolute atomic E-state index is 0.0353. The molecule has 2 atom stereocenters. The Morgan fingerprint density at radius 2 is 1.63 bits per heavy atom. The van der Waals surface area contributed by atoms with E-state index in [0.717, 1.165) is 37.7 Å². The molecule has 0 spiro atoms. The number of ether oxygens (including phenoxy) is 4. The lowest BCUT2D eigenvalue weighted by Gasteiger charge is -2.21. The van der Waals surface area contributed by atoms with E-state index in [0.29, 0.717) is 18.5 Å². The summed E-state index contributed by atoms with van der Waals surface area (Å²) in [4.78, 5) is 64.7. The van der Waals surface area contributed by atoms with Crippen molar-refractivity contribution in [1.29, 1.82) is 0 Å². The second-order valence-electron chi connectivity index (χ2n) is 9.61. The molecule has 1 aromatic carbocycles. The molecule has 0 saturated heterocycles. The fourth-order valence-corrected chi connectivity index (χ4v) is 3.32. The van der Waals surface area contributed by atoms with Crippen LogP contribution in [-0.2, 0) is 23.9 Å². The summed E-state index contributed by atoms with van der Waals surface area (Å²) < 4.78 is 20.1. The summed E-state index contributed by atoms with van der Waals surface area (Å²) in [5, 5.41) is 15.9. The number of nitrogens with zero attached hydrogens (tertiary/aromatic N) is 2. The Morgan fingerprint density at radius 1 is 1.04 bits per heavy atom. The van der Waals surface area contributed by atoms with Crippen LogP contribution in [-0.4, -0.2) is 75.2 Å². The van der Waals surface area contributed by atoms with Crippen LogP contribution in [0.3, 0.4) is 0 Å². The van der Waals surface area contributed by atoms with Crippen LogP contribution >= 0.6 is 30.1 Å².